The molecule has 2 aromatic carbocycles. The lowest BCUT2D eigenvalue weighted by atomic mass is 10.2. The molecule has 3 aromatic rings. The zero-order valence-electron chi connectivity index (χ0n) is 14.5. The number of aryl methyl sites for hydroxylation is 1. The van der Waals surface area contributed by atoms with Crippen LogP contribution in [0, 0.1) is 6.92 Å². The van der Waals surface area contributed by atoms with E-state index < -0.39 is 0 Å². The number of carbonyl (C=O) groups is 1. The number of hydrogen-bond donors (Lipinski definition) is 1. The van der Waals surface area contributed by atoms with Crippen LogP contribution in [-0.4, -0.2) is 24.1 Å². The molecule has 0 spiro atoms. The van der Waals surface area contributed by atoms with Gasteiger partial charge in [-0.25, -0.2) is 4.98 Å². The third-order valence-corrected chi connectivity index (χ3v) is 5.08. The molecule has 1 amide bonds. The molecule has 0 fully saturated rings. The van der Waals surface area contributed by atoms with E-state index in [0.717, 1.165) is 32.4 Å². The highest BCUT2D eigenvalue weighted by molar-refractivity contribution is 9.10. The first-order valence-electron chi connectivity index (χ1n) is 8.27. The first-order chi connectivity index (χ1) is 12.5. The molecular formula is C19H19BrN2O3S. The first kappa shape index (κ1) is 18.7. The molecule has 0 saturated carbocycles. The minimum atomic E-state index is -0.251. The number of rotatable bonds is 7. The van der Waals surface area contributed by atoms with Crippen molar-refractivity contribution in [2.75, 3.05) is 18.5 Å². The van der Waals surface area contributed by atoms with Gasteiger partial charge in [0.1, 0.15) is 11.5 Å². The summed E-state index contributed by atoms with van der Waals surface area (Å²) in [5.74, 6) is 1.19. The zero-order valence-corrected chi connectivity index (χ0v) is 16.9. The van der Waals surface area contributed by atoms with Crippen molar-refractivity contribution < 1.29 is 14.3 Å². The molecule has 1 heterocycles. The molecule has 136 valence electrons. The molecule has 0 atom stereocenters. The van der Waals surface area contributed by atoms with Crippen LogP contribution in [0.1, 0.15) is 18.9 Å². The average Bonchev–Trinajstić information content (AvgIpc) is 3.00. The number of hydrogen-bond acceptors (Lipinski definition) is 5. The highest BCUT2D eigenvalue weighted by Gasteiger charge is 2.10. The summed E-state index contributed by atoms with van der Waals surface area (Å²) in [5.41, 5.74) is 1.95. The van der Waals surface area contributed by atoms with Gasteiger partial charge in [0.2, 0.25) is 0 Å². The highest BCUT2D eigenvalue weighted by Crippen LogP contribution is 2.29. The number of thiazole rings is 1. The minimum Gasteiger partial charge on any atom is -0.494 e. The molecule has 0 radical (unpaired) electrons. The minimum absolute atomic E-state index is 0.0809. The van der Waals surface area contributed by atoms with E-state index in [1.807, 2.05) is 43.3 Å². The fourth-order valence-corrected chi connectivity index (χ4v) is 3.81. The van der Waals surface area contributed by atoms with Crippen molar-refractivity contribution in [1.82, 2.24) is 4.98 Å². The van der Waals surface area contributed by atoms with E-state index in [2.05, 4.69) is 33.2 Å². The number of halogens is 1. The van der Waals surface area contributed by atoms with Crippen molar-refractivity contribution >= 4 is 48.5 Å². The number of anilines is 1. The molecule has 7 heteroatoms. The fourth-order valence-electron chi connectivity index (χ4n) is 2.29. The Morgan fingerprint density at radius 1 is 1.23 bits per heavy atom. The number of aromatic nitrogens is 1. The number of amides is 1. The average molecular weight is 435 g/mol. The molecule has 1 aromatic heterocycles. The molecule has 0 aliphatic carbocycles. The maximum atomic E-state index is 12.1. The molecule has 1 N–H and O–H groups in total. The van der Waals surface area contributed by atoms with Gasteiger partial charge in [0, 0.05) is 0 Å². The SMILES string of the molecule is CCCOc1ccc2nc(NC(=O)COc3ccc(C)cc3Br)sc2c1. The molecule has 0 unspecified atom stereocenters. The van der Waals surface area contributed by atoms with Crippen LogP contribution in [0.25, 0.3) is 10.2 Å². The van der Waals surface area contributed by atoms with Gasteiger partial charge in [-0.1, -0.05) is 24.3 Å². The predicted molar refractivity (Wildman–Crippen MR) is 108 cm³/mol. The summed E-state index contributed by atoms with van der Waals surface area (Å²) in [5, 5.41) is 3.33. The molecule has 0 bridgehead atoms. The van der Waals surface area contributed by atoms with Gasteiger partial charge in [0.25, 0.3) is 5.91 Å². The van der Waals surface area contributed by atoms with E-state index in [9.17, 15) is 4.79 Å². The number of nitrogens with one attached hydrogen (secondary N) is 1. The quantitative estimate of drug-likeness (QED) is 0.556. The Morgan fingerprint density at radius 2 is 2.08 bits per heavy atom. The van der Waals surface area contributed by atoms with Crippen LogP contribution in [-0.2, 0) is 4.79 Å². The van der Waals surface area contributed by atoms with Gasteiger partial charge in [-0.15, -0.1) is 0 Å². The van der Waals surface area contributed by atoms with Crippen LogP contribution in [0.5, 0.6) is 11.5 Å². The summed E-state index contributed by atoms with van der Waals surface area (Å²) in [4.78, 5) is 16.6. The van der Waals surface area contributed by atoms with Crippen molar-refractivity contribution in [1.29, 1.82) is 0 Å². The first-order valence-corrected chi connectivity index (χ1v) is 9.88. The van der Waals surface area contributed by atoms with Gasteiger partial charge in [0.05, 0.1) is 21.3 Å². The van der Waals surface area contributed by atoms with Gasteiger partial charge in [-0.2, -0.15) is 0 Å². The Bertz CT molecular complexity index is 926. The van der Waals surface area contributed by atoms with Crippen LogP contribution < -0.4 is 14.8 Å². The van der Waals surface area contributed by atoms with Crippen LogP contribution in [0.15, 0.2) is 40.9 Å². The molecule has 3 rings (SSSR count). The van der Waals surface area contributed by atoms with E-state index in [1.165, 1.54) is 11.3 Å². The highest BCUT2D eigenvalue weighted by atomic mass is 79.9. The molecular weight excluding hydrogens is 416 g/mol. The van der Waals surface area contributed by atoms with Gasteiger partial charge >= 0.3 is 0 Å². The van der Waals surface area contributed by atoms with Crippen LogP contribution >= 0.6 is 27.3 Å². The molecule has 0 aliphatic heterocycles. The summed E-state index contributed by atoms with van der Waals surface area (Å²) < 4.78 is 13.0. The maximum absolute atomic E-state index is 12.1. The zero-order chi connectivity index (χ0) is 18.5. The molecule has 0 saturated heterocycles. The van der Waals surface area contributed by atoms with E-state index in [1.54, 1.807) is 0 Å². The third-order valence-electron chi connectivity index (χ3n) is 3.53. The van der Waals surface area contributed by atoms with Crippen molar-refractivity contribution in [2.45, 2.75) is 20.3 Å². The molecule has 0 aliphatic rings. The normalized spacial score (nSPS) is 10.7. The van der Waals surface area contributed by atoms with E-state index in [-0.39, 0.29) is 12.5 Å². The standard InChI is InChI=1S/C19H19BrN2O3S/c1-3-8-24-13-5-6-15-17(10-13)26-19(21-15)22-18(23)11-25-16-7-4-12(2)9-14(16)20/h4-7,9-10H,3,8,11H2,1-2H3,(H,21,22,23). The van der Waals surface area contributed by atoms with Crippen LogP contribution in [0.3, 0.4) is 0 Å². The van der Waals surface area contributed by atoms with Crippen molar-refractivity contribution in [3.63, 3.8) is 0 Å². The van der Waals surface area contributed by atoms with Crippen LogP contribution in [0.4, 0.5) is 5.13 Å². The Morgan fingerprint density at radius 3 is 2.85 bits per heavy atom. The number of benzene rings is 2. The predicted octanol–water partition coefficient (Wildman–Crippen LogP) is 5.17. The summed E-state index contributed by atoms with van der Waals surface area (Å²) in [6, 6.07) is 11.4. The topological polar surface area (TPSA) is 60.5 Å². The Balaban J connectivity index is 1.61. The van der Waals surface area contributed by atoms with Crippen molar-refractivity contribution in [2.24, 2.45) is 0 Å². The summed E-state index contributed by atoms with van der Waals surface area (Å²) in [6.45, 7) is 4.66. The van der Waals surface area contributed by atoms with E-state index >= 15 is 0 Å². The lowest BCUT2D eigenvalue weighted by molar-refractivity contribution is -0.118. The second-order valence-electron chi connectivity index (χ2n) is 5.77. The van der Waals surface area contributed by atoms with Crippen molar-refractivity contribution in [3.8, 4) is 11.5 Å². The second-order valence-corrected chi connectivity index (χ2v) is 7.65. The number of ether oxygens (including phenoxy) is 2. The Kier molecular flexibility index (Phi) is 6.11. The monoisotopic (exact) mass is 434 g/mol. The molecule has 5 nitrogen and oxygen atoms in total. The number of carbonyl (C=O) groups excluding carboxylic acids is 1. The Labute approximate surface area is 164 Å². The third kappa shape index (κ3) is 4.74. The van der Waals surface area contributed by atoms with Gasteiger partial charge in [-0.3, -0.25) is 10.1 Å². The summed E-state index contributed by atoms with van der Waals surface area (Å²) >= 11 is 4.85. The number of nitrogens with zero attached hydrogens (tertiary/aromatic N) is 1. The van der Waals surface area contributed by atoms with Gasteiger partial charge in [-0.05, 0) is 65.2 Å². The lowest BCUT2D eigenvalue weighted by Gasteiger charge is -2.08. The maximum Gasteiger partial charge on any atom is 0.264 e. The summed E-state index contributed by atoms with van der Waals surface area (Å²) in [7, 11) is 0. The van der Waals surface area contributed by atoms with Crippen molar-refractivity contribution in [3.05, 3.63) is 46.4 Å². The van der Waals surface area contributed by atoms with Crippen LogP contribution in [0.2, 0.25) is 0 Å². The smallest absolute Gasteiger partial charge is 0.264 e. The lowest BCUT2D eigenvalue weighted by Crippen LogP contribution is -2.20. The Hall–Kier alpha value is -2.12. The molecule has 26 heavy (non-hydrogen) atoms. The summed E-state index contributed by atoms with van der Waals surface area (Å²) in [6.07, 6.45) is 0.957. The largest absolute Gasteiger partial charge is 0.494 e. The van der Waals surface area contributed by atoms with E-state index in [4.69, 9.17) is 9.47 Å². The van der Waals surface area contributed by atoms with E-state index in [0.29, 0.717) is 17.5 Å². The fraction of sp³-hybridized carbons (Fsp3) is 0.263. The van der Waals surface area contributed by atoms with Gasteiger partial charge < -0.3 is 9.47 Å². The number of fused-ring (bicyclic) bond motifs is 1. The second kappa shape index (κ2) is 8.51. The van der Waals surface area contributed by atoms with Gasteiger partial charge in [0.15, 0.2) is 11.7 Å².